The van der Waals surface area contributed by atoms with Crippen molar-refractivity contribution >= 4 is 12.2 Å². The summed E-state index contributed by atoms with van der Waals surface area (Å²) in [5.41, 5.74) is 4.55. The van der Waals surface area contributed by atoms with Crippen LogP contribution in [0.15, 0.2) is 4.99 Å². The van der Waals surface area contributed by atoms with Crippen molar-refractivity contribution < 1.29 is 24.6 Å². The van der Waals surface area contributed by atoms with Crippen molar-refractivity contribution in [1.82, 2.24) is 0 Å². The van der Waals surface area contributed by atoms with Crippen molar-refractivity contribution in [1.29, 1.82) is 0 Å². The van der Waals surface area contributed by atoms with E-state index in [1.807, 2.05) is 0 Å². The number of carbonyl (C=O) groups excluding carboxylic acids is 1. The molecule has 0 rings (SSSR count). The van der Waals surface area contributed by atoms with Gasteiger partial charge >= 0.3 is 0 Å². The largest absolute Gasteiger partial charge is 0.473 e. The Morgan fingerprint density at radius 1 is 1.75 bits per heavy atom. The Bertz CT molecular complexity index is 82.1. The van der Waals surface area contributed by atoms with Crippen molar-refractivity contribution in [2.24, 2.45) is 10.7 Å². The molecule has 0 aromatic heterocycles. The number of hydrogen-bond acceptors (Lipinski definition) is 1. The Kier molecular flexibility index (Phi) is 19.2. The van der Waals surface area contributed by atoms with Gasteiger partial charge in [0.05, 0.1) is 0 Å². The average Bonchev–Trinajstić information content (AvgIpc) is 1.35. The van der Waals surface area contributed by atoms with E-state index in [1.54, 1.807) is 6.34 Å². The molecule has 8 heavy (non-hydrogen) atoms. The van der Waals surface area contributed by atoms with E-state index in [2.05, 4.69) is 17.6 Å². The molecule has 0 spiro atoms. The van der Waals surface area contributed by atoms with E-state index in [4.69, 9.17) is 0 Å². The molecule has 0 saturated carbocycles. The molecule has 0 fully saturated rings. The maximum absolute atomic E-state index is 9.62. The number of rotatable bonds is 0. The second kappa shape index (κ2) is 9.82. The molecule has 0 saturated heterocycles. The molecule has 0 aromatic carbocycles. The van der Waals surface area contributed by atoms with Crippen LogP contribution in [-0.4, -0.2) is 12.2 Å². The quantitative estimate of drug-likeness (QED) is 0.287. The van der Waals surface area contributed by atoms with E-state index in [1.165, 1.54) is 0 Å². The first kappa shape index (κ1) is 15.6. The number of aliphatic imine (C=N–C) groups is 1. The van der Waals surface area contributed by atoms with Crippen LogP contribution >= 0.6 is 0 Å². The van der Waals surface area contributed by atoms with Crippen molar-refractivity contribution in [3.8, 4) is 0 Å². The molecule has 0 unspecified atom stereocenters. The van der Waals surface area contributed by atoms with Gasteiger partial charge in [-0.25, -0.2) is 0 Å². The molecule has 0 bridgehead atoms. The topological polar surface area (TPSA) is 55.5 Å². The Hall–Kier alpha value is -0.354. The first-order valence-electron chi connectivity index (χ1n) is 1.29. The summed E-state index contributed by atoms with van der Waals surface area (Å²) >= 11 is 0. The van der Waals surface area contributed by atoms with Crippen LogP contribution in [0.4, 0.5) is 0 Å². The molecule has 0 radical (unpaired) electrons. The molecule has 2 N–H and O–H groups in total. The fourth-order valence-corrected chi connectivity index (χ4v) is 0.0720. The van der Waals surface area contributed by atoms with Gasteiger partial charge in [0.2, 0.25) is 0 Å². The summed E-state index contributed by atoms with van der Waals surface area (Å²) < 4.78 is 0. The van der Waals surface area contributed by atoms with Gasteiger partial charge in [0.15, 0.2) is 0 Å². The summed E-state index contributed by atoms with van der Waals surface area (Å²) in [5, 5.41) is 0. The van der Waals surface area contributed by atoms with Crippen LogP contribution in [0.2, 0.25) is 0 Å². The van der Waals surface area contributed by atoms with Crippen LogP contribution in [-0.2, 0) is 24.6 Å². The number of nitrogens with zero attached hydrogens (tertiary/aromatic N) is 1. The van der Waals surface area contributed by atoms with Crippen LogP contribution in [0.1, 0.15) is 0 Å². The molecule has 0 aliphatic heterocycles. The van der Waals surface area contributed by atoms with Gasteiger partial charge in [0.25, 0.3) is 0 Å². The first-order valence-corrected chi connectivity index (χ1v) is 1.29. The summed E-state index contributed by atoms with van der Waals surface area (Å²) in [6, 6.07) is 0. The van der Waals surface area contributed by atoms with E-state index in [0.29, 0.717) is 0 Å². The standard InChI is InChI=1S/C3H4N2O.CH3.Os/c1-3(6)5-2-4;;/h1H2,(H2,4,5,6);1H3;/q-2;-1;. The summed E-state index contributed by atoms with van der Waals surface area (Å²) in [7, 11) is 0. The molecule has 3 nitrogen and oxygen atoms in total. The van der Waals surface area contributed by atoms with Crippen molar-refractivity contribution in [3.63, 3.8) is 0 Å². The van der Waals surface area contributed by atoms with E-state index in [9.17, 15) is 4.79 Å². The predicted octanol–water partition coefficient (Wildman–Crippen LogP) is -0.341. The number of amides is 1. The number of nitrogens with two attached hydrogens (primary N) is 1. The third-order valence-electron chi connectivity index (χ3n) is 0.189. The Morgan fingerprint density at radius 3 is 2.12 bits per heavy atom. The zero-order valence-corrected chi connectivity index (χ0v) is 7.03. The summed E-state index contributed by atoms with van der Waals surface area (Å²) in [6.07, 6.45) is 1.78. The molecule has 0 heterocycles. The molecular formula is C4H7N2OOs-3. The zero-order valence-electron chi connectivity index (χ0n) is 4.49. The van der Waals surface area contributed by atoms with Gasteiger partial charge < -0.3 is 29.9 Å². The van der Waals surface area contributed by atoms with Crippen LogP contribution in [0.25, 0.3) is 0 Å². The van der Waals surface area contributed by atoms with Crippen LogP contribution in [0.5, 0.6) is 0 Å². The fourth-order valence-electron chi connectivity index (χ4n) is 0.0720. The van der Waals surface area contributed by atoms with E-state index in [0.717, 1.165) is 0 Å². The fraction of sp³-hybridized carbons (Fsp3) is 0. The van der Waals surface area contributed by atoms with Gasteiger partial charge in [-0.1, -0.05) is 12.2 Å². The Morgan fingerprint density at radius 2 is 2.12 bits per heavy atom. The maximum Gasteiger partial charge on any atom is 0 e. The molecular weight excluding hydrogens is 282 g/mol. The molecule has 0 atom stereocenters. The monoisotopic (exact) mass is 291 g/mol. The minimum Gasteiger partial charge on any atom is -0.473 e. The van der Waals surface area contributed by atoms with Crippen molar-refractivity contribution in [2.45, 2.75) is 0 Å². The predicted molar refractivity (Wildman–Crippen MR) is 28.4 cm³/mol. The minimum atomic E-state index is -0.572. The Balaban J connectivity index is -0.000000125. The van der Waals surface area contributed by atoms with E-state index in [-0.39, 0.29) is 27.2 Å². The van der Waals surface area contributed by atoms with E-state index < -0.39 is 5.91 Å². The van der Waals surface area contributed by atoms with Crippen LogP contribution in [0.3, 0.4) is 0 Å². The molecule has 4 heteroatoms. The van der Waals surface area contributed by atoms with Gasteiger partial charge in [-0.3, -0.25) is 0 Å². The van der Waals surface area contributed by atoms with Gasteiger partial charge in [0, 0.05) is 19.8 Å². The summed E-state index contributed by atoms with van der Waals surface area (Å²) in [5.74, 6) is -0.572. The van der Waals surface area contributed by atoms with Gasteiger partial charge in [-0.2, -0.15) is 0 Å². The second-order valence-electron chi connectivity index (χ2n) is 0.635. The zero-order chi connectivity index (χ0) is 4.99. The normalized spacial score (nSPS) is 7.00. The van der Waals surface area contributed by atoms with Gasteiger partial charge in [-0.05, 0) is 0 Å². The van der Waals surface area contributed by atoms with Crippen molar-refractivity contribution in [3.05, 3.63) is 14.4 Å². The van der Waals surface area contributed by atoms with Crippen LogP contribution < -0.4 is 5.73 Å². The second-order valence-corrected chi connectivity index (χ2v) is 0.635. The molecule has 0 aliphatic rings. The molecule has 0 aliphatic carbocycles. The summed E-state index contributed by atoms with van der Waals surface area (Å²) in [6.45, 7) is 2.88. The van der Waals surface area contributed by atoms with E-state index >= 15 is 0 Å². The third kappa shape index (κ3) is 17.4. The number of hydrogen-bond donors (Lipinski definition) is 1. The molecule has 50 valence electrons. The average molecular weight is 289 g/mol. The smallest absolute Gasteiger partial charge is 0 e. The molecule has 0 aromatic rings. The minimum absolute atomic E-state index is 0. The van der Waals surface area contributed by atoms with Crippen LogP contribution in [0, 0.1) is 14.4 Å². The Labute approximate surface area is 62.4 Å². The third-order valence-corrected chi connectivity index (χ3v) is 0.189. The molecule has 1 amide bonds. The SMILES string of the molecule is [CH2-]C(=O)N=[C-]N.[CH3-].[Os]. The van der Waals surface area contributed by atoms with Crippen molar-refractivity contribution in [2.75, 3.05) is 0 Å². The maximum atomic E-state index is 9.62. The first-order chi connectivity index (χ1) is 2.77. The summed E-state index contributed by atoms with van der Waals surface area (Å²) in [4.78, 5) is 12.5. The number of carbonyl (C=O) groups is 1. The van der Waals surface area contributed by atoms with Gasteiger partial charge in [0.1, 0.15) is 0 Å². The van der Waals surface area contributed by atoms with Gasteiger partial charge in [-0.15, -0.1) is 0 Å².